The quantitative estimate of drug-likeness (QED) is 0.342. The van der Waals surface area contributed by atoms with E-state index in [1.54, 1.807) is 47.8 Å². The number of likely N-dealkylation sites (tertiary alicyclic amines) is 1. The third-order valence-corrected chi connectivity index (χ3v) is 12.6. The summed E-state index contributed by atoms with van der Waals surface area (Å²) in [6.07, 6.45) is 1.75. The second-order valence-electron chi connectivity index (χ2n) is 12.0. The van der Waals surface area contributed by atoms with E-state index < -0.39 is 25.5 Å². The van der Waals surface area contributed by atoms with Crippen LogP contribution < -0.4 is 0 Å². The van der Waals surface area contributed by atoms with E-state index in [0.717, 1.165) is 43.6 Å². The lowest BCUT2D eigenvalue weighted by atomic mass is 9.78. The van der Waals surface area contributed by atoms with Gasteiger partial charge in [0.05, 0.1) is 9.79 Å². The summed E-state index contributed by atoms with van der Waals surface area (Å²) in [7, 11) is -5.46. The van der Waals surface area contributed by atoms with Gasteiger partial charge in [0.1, 0.15) is 0 Å². The maximum absolute atomic E-state index is 13.4. The predicted octanol–water partition coefficient (Wildman–Crippen LogP) is 4.61. The molecule has 0 spiro atoms. The number of hydrogen-bond donors (Lipinski definition) is 0. The SMILES string of the molecule is Cc1ccc(S(=O)(=O)N2C[C@H]3CN(CC[C@](C)(CN(C)S(=O)(=O)c4ccccc4)c4ccccc4)CC[C@H]3C2)cc1. The molecule has 7 nitrogen and oxygen atoms in total. The minimum atomic E-state index is -3.62. The summed E-state index contributed by atoms with van der Waals surface area (Å²) >= 11 is 0. The van der Waals surface area contributed by atoms with Crippen molar-refractivity contribution in [1.82, 2.24) is 13.5 Å². The molecular weight excluding hydrogens is 555 g/mol. The minimum Gasteiger partial charge on any atom is -0.303 e. The van der Waals surface area contributed by atoms with Crippen molar-refractivity contribution in [2.75, 3.05) is 46.3 Å². The standard InChI is InChI=1S/C32H41N3O4S2/c1-26-14-16-31(17-15-26)41(38,39)35-23-27-18-20-34(22-28(27)24-35)21-19-32(2,29-10-6-4-7-11-29)25-33(3)40(36,37)30-12-8-5-9-13-30/h4-17,27-28H,18-25H2,1-3H3/t27-,28+,32+/m0/s1. The number of fused-ring (bicyclic) bond motifs is 1. The number of piperidine rings is 1. The molecule has 0 radical (unpaired) electrons. The van der Waals surface area contributed by atoms with Crippen molar-refractivity contribution >= 4 is 20.0 Å². The molecule has 2 aliphatic rings. The summed E-state index contributed by atoms with van der Waals surface area (Å²) < 4.78 is 56.5. The molecule has 220 valence electrons. The molecule has 0 bridgehead atoms. The summed E-state index contributed by atoms with van der Waals surface area (Å²) in [5.74, 6) is 0.669. The highest BCUT2D eigenvalue weighted by Gasteiger charge is 2.42. The Kier molecular flexibility index (Phi) is 8.74. The number of aryl methyl sites for hydroxylation is 1. The Morgan fingerprint density at radius 3 is 2.07 bits per heavy atom. The van der Waals surface area contributed by atoms with Crippen LogP contribution in [0, 0.1) is 18.8 Å². The van der Waals surface area contributed by atoms with Gasteiger partial charge in [-0.2, -0.15) is 4.31 Å². The van der Waals surface area contributed by atoms with Gasteiger partial charge in [0.15, 0.2) is 0 Å². The summed E-state index contributed by atoms with van der Waals surface area (Å²) in [6, 6.07) is 25.9. The van der Waals surface area contributed by atoms with Crippen LogP contribution in [0.5, 0.6) is 0 Å². The predicted molar refractivity (Wildman–Crippen MR) is 163 cm³/mol. The van der Waals surface area contributed by atoms with Crippen molar-refractivity contribution < 1.29 is 16.8 Å². The number of sulfonamides is 2. The number of nitrogens with zero attached hydrogens (tertiary/aromatic N) is 3. The van der Waals surface area contributed by atoms with Gasteiger partial charge in [0.2, 0.25) is 20.0 Å². The van der Waals surface area contributed by atoms with E-state index in [2.05, 4.69) is 24.0 Å². The van der Waals surface area contributed by atoms with Crippen LogP contribution in [0.3, 0.4) is 0 Å². The number of hydrogen-bond acceptors (Lipinski definition) is 5. The molecule has 9 heteroatoms. The van der Waals surface area contributed by atoms with Gasteiger partial charge in [0, 0.05) is 38.6 Å². The molecule has 3 aromatic rings. The first-order valence-electron chi connectivity index (χ1n) is 14.4. The lowest BCUT2D eigenvalue weighted by molar-refractivity contribution is 0.135. The van der Waals surface area contributed by atoms with Crippen molar-refractivity contribution in [3.05, 3.63) is 96.1 Å². The fourth-order valence-corrected chi connectivity index (χ4v) is 9.24. The van der Waals surface area contributed by atoms with Gasteiger partial charge >= 0.3 is 0 Å². The van der Waals surface area contributed by atoms with Crippen molar-refractivity contribution in [3.63, 3.8) is 0 Å². The lowest BCUT2D eigenvalue weighted by Crippen LogP contribution is -2.45. The average Bonchev–Trinajstić information content (AvgIpc) is 3.42. The second kappa shape index (κ2) is 12.0. The monoisotopic (exact) mass is 595 g/mol. The Morgan fingerprint density at radius 1 is 0.805 bits per heavy atom. The fourth-order valence-electron chi connectivity index (χ4n) is 6.37. The zero-order valence-electron chi connectivity index (χ0n) is 24.2. The van der Waals surface area contributed by atoms with Gasteiger partial charge in [-0.3, -0.25) is 0 Å². The molecule has 0 saturated carbocycles. The van der Waals surface area contributed by atoms with Gasteiger partial charge in [-0.05, 0) is 74.5 Å². The third-order valence-electron chi connectivity index (χ3n) is 8.98. The molecule has 0 N–H and O–H groups in total. The van der Waals surface area contributed by atoms with Crippen LogP contribution in [0.15, 0.2) is 94.7 Å². The number of rotatable bonds is 10. The molecule has 2 aliphatic heterocycles. The van der Waals surface area contributed by atoms with Gasteiger partial charge in [-0.1, -0.05) is 73.2 Å². The van der Waals surface area contributed by atoms with Crippen LogP contribution in [0.2, 0.25) is 0 Å². The van der Waals surface area contributed by atoms with Crippen LogP contribution >= 0.6 is 0 Å². The number of benzene rings is 3. The lowest BCUT2D eigenvalue weighted by Gasteiger charge is -2.39. The topological polar surface area (TPSA) is 78.0 Å². The number of likely N-dealkylation sites (N-methyl/N-ethyl adjacent to an activating group) is 1. The molecule has 0 aliphatic carbocycles. The first-order valence-corrected chi connectivity index (χ1v) is 17.2. The molecule has 0 amide bonds. The third kappa shape index (κ3) is 6.44. The van der Waals surface area contributed by atoms with E-state index in [1.165, 1.54) is 4.31 Å². The van der Waals surface area contributed by atoms with E-state index in [-0.39, 0.29) is 0 Å². The summed E-state index contributed by atoms with van der Waals surface area (Å²) in [5.41, 5.74) is 1.76. The smallest absolute Gasteiger partial charge is 0.243 e. The van der Waals surface area contributed by atoms with Gasteiger partial charge in [-0.15, -0.1) is 0 Å². The first kappa shape index (κ1) is 29.9. The van der Waals surface area contributed by atoms with Crippen molar-refractivity contribution in [2.24, 2.45) is 11.8 Å². The van der Waals surface area contributed by atoms with E-state index in [4.69, 9.17) is 0 Å². The molecule has 2 saturated heterocycles. The van der Waals surface area contributed by atoms with Crippen molar-refractivity contribution in [2.45, 2.75) is 41.9 Å². The zero-order valence-corrected chi connectivity index (χ0v) is 25.8. The average molecular weight is 596 g/mol. The van der Waals surface area contributed by atoms with Crippen LogP contribution in [0.25, 0.3) is 0 Å². The molecule has 3 atom stereocenters. The Balaban J connectivity index is 1.26. The molecule has 0 aromatic heterocycles. The molecule has 2 heterocycles. The van der Waals surface area contributed by atoms with Crippen molar-refractivity contribution in [3.8, 4) is 0 Å². The van der Waals surface area contributed by atoms with Crippen LogP contribution in [-0.4, -0.2) is 76.7 Å². The molecule has 0 unspecified atom stereocenters. The van der Waals surface area contributed by atoms with Crippen LogP contribution in [-0.2, 0) is 25.5 Å². The summed E-state index contributed by atoms with van der Waals surface area (Å²) in [6.45, 7) is 8.19. The Labute approximate surface area is 245 Å². The van der Waals surface area contributed by atoms with Gasteiger partial charge in [-0.25, -0.2) is 21.1 Å². The van der Waals surface area contributed by atoms with E-state index in [0.29, 0.717) is 41.3 Å². The maximum Gasteiger partial charge on any atom is 0.243 e. The van der Waals surface area contributed by atoms with Gasteiger partial charge < -0.3 is 4.90 Å². The Hall–Kier alpha value is -2.56. The normalized spacial score (nSPS) is 22.0. The molecular formula is C32H41N3O4S2. The highest BCUT2D eigenvalue weighted by Crippen LogP contribution is 2.36. The summed E-state index contributed by atoms with van der Waals surface area (Å²) in [4.78, 5) is 3.11. The van der Waals surface area contributed by atoms with E-state index in [1.807, 2.05) is 43.3 Å². The van der Waals surface area contributed by atoms with Crippen LogP contribution in [0.4, 0.5) is 0 Å². The maximum atomic E-state index is 13.4. The first-order chi connectivity index (χ1) is 19.5. The van der Waals surface area contributed by atoms with Gasteiger partial charge in [0.25, 0.3) is 0 Å². The molecule has 5 rings (SSSR count). The Bertz CT molecular complexity index is 1530. The zero-order chi connectivity index (χ0) is 29.3. The molecule has 2 fully saturated rings. The highest BCUT2D eigenvalue weighted by atomic mass is 32.2. The Morgan fingerprint density at radius 2 is 1.41 bits per heavy atom. The molecule has 41 heavy (non-hydrogen) atoms. The van der Waals surface area contributed by atoms with E-state index in [9.17, 15) is 16.8 Å². The van der Waals surface area contributed by atoms with Crippen LogP contribution in [0.1, 0.15) is 30.9 Å². The molecule has 3 aromatic carbocycles. The highest BCUT2D eigenvalue weighted by molar-refractivity contribution is 7.89. The second-order valence-corrected chi connectivity index (χ2v) is 16.0. The fraction of sp³-hybridized carbons (Fsp3) is 0.438. The summed E-state index contributed by atoms with van der Waals surface area (Å²) in [5, 5.41) is 0. The van der Waals surface area contributed by atoms with E-state index >= 15 is 0 Å². The minimum absolute atomic E-state index is 0.298. The largest absolute Gasteiger partial charge is 0.303 e. The van der Waals surface area contributed by atoms with Crippen molar-refractivity contribution in [1.29, 1.82) is 0 Å².